The number of hydrogen-bond donors (Lipinski definition) is 2. The van der Waals surface area contributed by atoms with Gasteiger partial charge in [-0.05, 0) is 30.0 Å². The number of carbonyl (C=O) groups is 1. The van der Waals surface area contributed by atoms with Crippen molar-refractivity contribution in [1.29, 1.82) is 0 Å². The SMILES string of the molecule is Cc1ccc([C@H](C[NH+]2CCOCC2)NC(=O)/C=C/c2cccs2)cc1. The minimum absolute atomic E-state index is 0.00851. The average Bonchev–Trinajstić information content (AvgIpc) is 3.15. The van der Waals surface area contributed by atoms with Crippen LogP contribution in [-0.2, 0) is 9.53 Å². The molecule has 0 bridgehead atoms. The molecular formula is C20H25N2O2S+. The number of nitrogens with one attached hydrogen (secondary N) is 2. The summed E-state index contributed by atoms with van der Waals surface area (Å²) in [6, 6.07) is 12.4. The number of hydrogen-bond acceptors (Lipinski definition) is 3. The zero-order chi connectivity index (χ0) is 17.5. The predicted molar refractivity (Wildman–Crippen MR) is 102 cm³/mol. The van der Waals surface area contributed by atoms with Gasteiger partial charge in [-0.1, -0.05) is 35.9 Å². The molecule has 1 aliphatic rings. The minimum Gasteiger partial charge on any atom is -0.370 e. The van der Waals surface area contributed by atoms with Crippen LogP contribution in [0.5, 0.6) is 0 Å². The largest absolute Gasteiger partial charge is 0.370 e. The predicted octanol–water partition coefficient (Wildman–Crippen LogP) is 1.84. The number of morpholine rings is 1. The van der Waals surface area contributed by atoms with Crippen molar-refractivity contribution in [1.82, 2.24) is 5.32 Å². The Bertz CT molecular complexity index is 689. The number of quaternary nitrogens is 1. The topological polar surface area (TPSA) is 42.8 Å². The summed E-state index contributed by atoms with van der Waals surface area (Å²) < 4.78 is 5.45. The molecule has 5 heteroatoms. The van der Waals surface area contributed by atoms with Gasteiger partial charge in [-0.25, -0.2) is 0 Å². The molecule has 3 rings (SSSR count). The first-order chi connectivity index (χ1) is 12.2. The molecule has 0 unspecified atom stereocenters. The van der Waals surface area contributed by atoms with Crippen molar-refractivity contribution < 1.29 is 14.4 Å². The van der Waals surface area contributed by atoms with Crippen molar-refractivity contribution in [3.8, 4) is 0 Å². The van der Waals surface area contributed by atoms with Crippen LogP contribution in [0.1, 0.15) is 22.0 Å². The van der Waals surface area contributed by atoms with Gasteiger partial charge < -0.3 is 15.0 Å². The van der Waals surface area contributed by atoms with Gasteiger partial charge in [-0.15, -0.1) is 11.3 Å². The zero-order valence-electron chi connectivity index (χ0n) is 14.5. The van der Waals surface area contributed by atoms with Crippen LogP contribution in [0, 0.1) is 6.92 Å². The fourth-order valence-electron chi connectivity index (χ4n) is 2.97. The summed E-state index contributed by atoms with van der Waals surface area (Å²) in [7, 11) is 0. The molecule has 132 valence electrons. The third-order valence-corrected chi connectivity index (χ3v) is 5.27. The first kappa shape index (κ1) is 17.9. The average molecular weight is 357 g/mol. The Kier molecular flexibility index (Phi) is 6.39. The molecule has 1 saturated heterocycles. The Morgan fingerprint density at radius 1 is 1.28 bits per heavy atom. The molecule has 1 atom stereocenters. The summed E-state index contributed by atoms with van der Waals surface area (Å²) >= 11 is 1.63. The Morgan fingerprint density at radius 3 is 2.72 bits per heavy atom. The standard InChI is InChI=1S/C20H24N2O2S/c1-16-4-6-17(7-5-16)19(15-22-10-12-24-13-11-22)21-20(23)9-8-18-3-2-14-25-18/h2-9,14,19H,10-13,15H2,1H3,(H,21,23)/p+1/b9-8+/t19-/m0/s1. The lowest BCUT2D eigenvalue weighted by Gasteiger charge is -2.28. The van der Waals surface area contributed by atoms with E-state index in [1.807, 2.05) is 23.6 Å². The number of ether oxygens (including phenoxy) is 1. The van der Waals surface area contributed by atoms with Crippen molar-refractivity contribution in [2.75, 3.05) is 32.8 Å². The van der Waals surface area contributed by atoms with E-state index in [1.54, 1.807) is 17.4 Å². The second-order valence-electron chi connectivity index (χ2n) is 6.39. The summed E-state index contributed by atoms with van der Waals surface area (Å²) in [4.78, 5) is 15.0. The lowest BCUT2D eigenvalue weighted by Crippen LogP contribution is -3.14. The number of rotatable bonds is 6. The number of benzene rings is 1. The smallest absolute Gasteiger partial charge is 0.244 e. The van der Waals surface area contributed by atoms with Gasteiger partial charge >= 0.3 is 0 Å². The molecule has 1 aromatic heterocycles. The highest BCUT2D eigenvalue weighted by atomic mass is 32.1. The Balaban J connectivity index is 1.68. The van der Waals surface area contributed by atoms with Crippen LogP contribution in [0.25, 0.3) is 6.08 Å². The van der Waals surface area contributed by atoms with Gasteiger partial charge in [0, 0.05) is 11.0 Å². The monoisotopic (exact) mass is 357 g/mol. The normalized spacial score (nSPS) is 16.8. The fourth-order valence-corrected chi connectivity index (χ4v) is 3.59. The van der Waals surface area contributed by atoms with Crippen LogP contribution in [-0.4, -0.2) is 38.8 Å². The molecule has 4 nitrogen and oxygen atoms in total. The van der Waals surface area contributed by atoms with E-state index in [9.17, 15) is 4.79 Å². The fraction of sp³-hybridized carbons (Fsp3) is 0.350. The Morgan fingerprint density at radius 2 is 2.04 bits per heavy atom. The van der Waals surface area contributed by atoms with E-state index in [2.05, 4.69) is 36.5 Å². The molecule has 1 aromatic carbocycles. The van der Waals surface area contributed by atoms with Gasteiger partial charge in [-0.2, -0.15) is 0 Å². The molecule has 1 fully saturated rings. The van der Waals surface area contributed by atoms with Crippen LogP contribution in [0.3, 0.4) is 0 Å². The van der Waals surface area contributed by atoms with Crippen LogP contribution in [0.2, 0.25) is 0 Å². The van der Waals surface area contributed by atoms with Crippen LogP contribution >= 0.6 is 11.3 Å². The maximum Gasteiger partial charge on any atom is 0.244 e. The third-order valence-electron chi connectivity index (χ3n) is 4.43. The van der Waals surface area contributed by atoms with Gasteiger partial charge in [0.2, 0.25) is 5.91 Å². The third kappa shape index (κ3) is 5.53. The molecule has 0 spiro atoms. The summed E-state index contributed by atoms with van der Waals surface area (Å²) in [5, 5.41) is 5.19. The second kappa shape index (κ2) is 8.94. The summed E-state index contributed by atoms with van der Waals surface area (Å²) in [5.74, 6) is -0.0494. The highest BCUT2D eigenvalue weighted by Gasteiger charge is 2.22. The van der Waals surface area contributed by atoms with Gasteiger partial charge in [-0.3, -0.25) is 4.79 Å². The molecule has 0 saturated carbocycles. The maximum absolute atomic E-state index is 12.4. The molecular weight excluding hydrogens is 332 g/mol. The zero-order valence-corrected chi connectivity index (χ0v) is 15.4. The molecule has 0 radical (unpaired) electrons. The number of carbonyl (C=O) groups excluding carboxylic acids is 1. The van der Waals surface area contributed by atoms with Crippen molar-refractivity contribution in [3.63, 3.8) is 0 Å². The molecule has 2 heterocycles. The number of amides is 1. The van der Waals surface area contributed by atoms with Crippen LogP contribution < -0.4 is 10.2 Å². The van der Waals surface area contributed by atoms with Crippen molar-refractivity contribution >= 4 is 23.3 Å². The quantitative estimate of drug-likeness (QED) is 0.775. The lowest BCUT2D eigenvalue weighted by molar-refractivity contribution is -0.909. The summed E-state index contributed by atoms with van der Waals surface area (Å²) in [6.07, 6.45) is 3.50. The molecule has 25 heavy (non-hydrogen) atoms. The first-order valence-electron chi connectivity index (χ1n) is 8.70. The van der Waals surface area contributed by atoms with Gasteiger partial charge in [0.15, 0.2) is 0 Å². The maximum atomic E-state index is 12.4. The molecule has 0 aliphatic carbocycles. The van der Waals surface area contributed by atoms with E-state index in [1.165, 1.54) is 10.5 Å². The van der Waals surface area contributed by atoms with Crippen molar-refractivity contribution in [2.24, 2.45) is 0 Å². The molecule has 2 N–H and O–H groups in total. The number of thiophene rings is 1. The van der Waals surface area contributed by atoms with Gasteiger partial charge in [0.1, 0.15) is 25.7 Å². The Hall–Kier alpha value is -1.95. The Labute approximate surface area is 153 Å². The summed E-state index contributed by atoms with van der Waals surface area (Å²) in [6.45, 7) is 6.52. The van der Waals surface area contributed by atoms with E-state index in [4.69, 9.17) is 4.74 Å². The second-order valence-corrected chi connectivity index (χ2v) is 7.37. The lowest BCUT2D eigenvalue weighted by atomic mass is 10.0. The van der Waals surface area contributed by atoms with E-state index in [0.29, 0.717) is 0 Å². The van der Waals surface area contributed by atoms with E-state index < -0.39 is 0 Å². The van der Waals surface area contributed by atoms with E-state index in [0.717, 1.165) is 43.3 Å². The van der Waals surface area contributed by atoms with E-state index in [-0.39, 0.29) is 11.9 Å². The molecule has 2 aromatic rings. The minimum atomic E-state index is -0.0494. The molecule has 1 aliphatic heterocycles. The van der Waals surface area contributed by atoms with Crippen LogP contribution in [0.15, 0.2) is 47.9 Å². The van der Waals surface area contributed by atoms with Crippen molar-refractivity contribution in [2.45, 2.75) is 13.0 Å². The van der Waals surface area contributed by atoms with Gasteiger partial charge in [0.25, 0.3) is 0 Å². The van der Waals surface area contributed by atoms with Gasteiger partial charge in [0.05, 0.1) is 13.2 Å². The first-order valence-corrected chi connectivity index (χ1v) is 9.58. The van der Waals surface area contributed by atoms with Crippen LogP contribution in [0.4, 0.5) is 0 Å². The van der Waals surface area contributed by atoms with Crippen molar-refractivity contribution in [3.05, 3.63) is 63.9 Å². The number of aryl methyl sites for hydroxylation is 1. The van der Waals surface area contributed by atoms with E-state index >= 15 is 0 Å². The highest BCUT2D eigenvalue weighted by molar-refractivity contribution is 7.10. The summed E-state index contributed by atoms with van der Waals surface area (Å²) in [5.41, 5.74) is 2.38. The highest BCUT2D eigenvalue weighted by Crippen LogP contribution is 2.14. The molecule has 1 amide bonds.